The summed E-state index contributed by atoms with van der Waals surface area (Å²) in [7, 11) is 1.54. The summed E-state index contributed by atoms with van der Waals surface area (Å²) >= 11 is 0. The molecule has 2 aromatic rings. The molecule has 0 aliphatic rings. The summed E-state index contributed by atoms with van der Waals surface area (Å²) < 4.78 is 12.9. The number of carbonyl (C=O) groups is 2. The van der Waals surface area contributed by atoms with Gasteiger partial charge in [0.1, 0.15) is 5.82 Å². The second-order valence-electron chi connectivity index (χ2n) is 4.34. The van der Waals surface area contributed by atoms with Crippen molar-refractivity contribution in [2.24, 2.45) is 0 Å². The second-order valence-corrected chi connectivity index (χ2v) is 4.34. The highest BCUT2D eigenvalue weighted by Crippen LogP contribution is 2.16. The number of nitrogens with two attached hydrogens (primary N) is 1. The molecule has 0 radical (unpaired) electrons. The highest BCUT2D eigenvalue weighted by atomic mass is 19.1. The lowest BCUT2D eigenvalue weighted by Gasteiger charge is -2.08. The van der Waals surface area contributed by atoms with Crippen molar-refractivity contribution in [3.05, 3.63) is 59.4 Å². The van der Waals surface area contributed by atoms with E-state index in [4.69, 9.17) is 5.73 Å². The van der Waals surface area contributed by atoms with Gasteiger partial charge in [-0.15, -0.1) is 0 Å². The smallest absolute Gasteiger partial charge is 0.257 e. The van der Waals surface area contributed by atoms with Crippen LogP contribution in [0.25, 0.3) is 0 Å². The van der Waals surface area contributed by atoms with Gasteiger partial charge in [-0.05, 0) is 42.5 Å². The molecule has 0 fully saturated rings. The minimum Gasteiger partial charge on any atom is -0.398 e. The summed E-state index contributed by atoms with van der Waals surface area (Å²) in [4.78, 5) is 23.4. The van der Waals surface area contributed by atoms with Crippen LogP contribution in [0.15, 0.2) is 42.5 Å². The van der Waals surface area contributed by atoms with Crippen molar-refractivity contribution in [3.63, 3.8) is 0 Å². The first kappa shape index (κ1) is 14.5. The van der Waals surface area contributed by atoms with E-state index in [1.807, 2.05) is 0 Å². The number of nitrogens with one attached hydrogen (secondary N) is 2. The third-order valence-corrected chi connectivity index (χ3v) is 2.89. The first-order chi connectivity index (χ1) is 10.0. The van der Waals surface area contributed by atoms with Crippen molar-refractivity contribution in [1.29, 1.82) is 0 Å². The van der Waals surface area contributed by atoms with Crippen LogP contribution in [-0.2, 0) is 0 Å². The van der Waals surface area contributed by atoms with Crippen LogP contribution in [0.5, 0.6) is 0 Å². The maximum absolute atomic E-state index is 12.9. The molecule has 0 aliphatic heterocycles. The Bertz CT molecular complexity index is 684. The van der Waals surface area contributed by atoms with Crippen molar-refractivity contribution < 1.29 is 14.0 Å². The molecule has 0 spiro atoms. The largest absolute Gasteiger partial charge is 0.398 e. The molecule has 0 bridgehead atoms. The van der Waals surface area contributed by atoms with Crippen molar-refractivity contribution in [3.8, 4) is 0 Å². The lowest BCUT2D eigenvalue weighted by molar-refractivity contribution is 0.0962. The van der Waals surface area contributed by atoms with E-state index < -0.39 is 11.7 Å². The Balaban J connectivity index is 2.14. The Labute approximate surface area is 121 Å². The quantitative estimate of drug-likeness (QED) is 0.755. The molecule has 2 aromatic carbocycles. The third-order valence-electron chi connectivity index (χ3n) is 2.89. The van der Waals surface area contributed by atoms with E-state index in [0.717, 1.165) is 6.07 Å². The highest BCUT2D eigenvalue weighted by Gasteiger charge is 2.11. The maximum atomic E-state index is 12.9. The van der Waals surface area contributed by atoms with Crippen LogP contribution >= 0.6 is 0 Å². The Hall–Kier alpha value is -2.89. The summed E-state index contributed by atoms with van der Waals surface area (Å²) in [6, 6.07) is 9.94. The highest BCUT2D eigenvalue weighted by molar-refractivity contribution is 6.07. The fourth-order valence-corrected chi connectivity index (χ4v) is 1.79. The minimum atomic E-state index is -0.501. The zero-order chi connectivity index (χ0) is 15.4. The van der Waals surface area contributed by atoms with E-state index in [9.17, 15) is 14.0 Å². The van der Waals surface area contributed by atoms with Crippen molar-refractivity contribution in [1.82, 2.24) is 5.32 Å². The van der Waals surface area contributed by atoms with E-state index in [2.05, 4.69) is 10.6 Å². The number of rotatable bonds is 3. The van der Waals surface area contributed by atoms with Gasteiger partial charge in [-0.2, -0.15) is 0 Å². The van der Waals surface area contributed by atoms with Gasteiger partial charge < -0.3 is 16.4 Å². The molecule has 0 heterocycles. The number of amides is 2. The molecule has 21 heavy (non-hydrogen) atoms. The summed E-state index contributed by atoms with van der Waals surface area (Å²) in [5, 5.41) is 5.13. The predicted octanol–water partition coefficient (Wildman–Crippen LogP) is 2.02. The van der Waals surface area contributed by atoms with Crippen molar-refractivity contribution in [2.45, 2.75) is 0 Å². The molecule has 2 amide bonds. The van der Waals surface area contributed by atoms with Gasteiger partial charge in [-0.3, -0.25) is 9.59 Å². The number of benzene rings is 2. The third kappa shape index (κ3) is 3.36. The number of nitrogen functional groups attached to an aromatic ring is 1. The summed E-state index contributed by atoms with van der Waals surface area (Å²) in [6.45, 7) is 0. The van der Waals surface area contributed by atoms with Crippen LogP contribution in [0.4, 0.5) is 15.8 Å². The number of hydrogen-bond acceptors (Lipinski definition) is 3. The van der Waals surface area contributed by atoms with Gasteiger partial charge in [-0.1, -0.05) is 0 Å². The van der Waals surface area contributed by atoms with Crippen LogP contribution in [0.3, 0.4) is 0 Å². The topological polar surface area (TPSA) is 84.2 Å². The molecule has 0 atom stereocenters. The monoisotopic (exact) mass is 287 g/mol. The number of anilines is 2. The van der Waals surface area contributed by atoms with Crippen LogP contribution < -0.4 is 16.4 Å². The molecule has 2 rings (SSSR count). The first-order valence-corrected chi connectivity index (χ1v) is 6.20. The van der Waals surface area contributed by atoms with E-state index in [-0.39, 0.29) is 17.2 Å². The Morgan fingerprint density at radius 1 is 1.05 bits per heavy atom. The summed E-state index contributed by atoms with van der Waals surface area (Å²) in [5.41, 5.74) is 6.85. The minimum absolute atomic E-state index is 0.0643. The van der Waals surface area contributed by atoms with Crippen LogP contribution in [0.1, 0.15) is 20.7 Å². The molecule has 0 saturated heterocycles. The molecule has 0 aromatic heterocycles. The molecular weight excluding hydrogens is 273 g/mol. The fraction of sp³-hybridized carbons (Fsp3) is 0.0667. The molecule has 0 aliphatic carbocycles. The molecule has 0 saturated carbocycles. The van der Waals surface area contributed by atoms with Gasteiger partial charge in [0.25, 0.3) is 11.8 Å². The Kier molecular flexibility index (Phi) is 4.18. The van der Waals surface area contributed by atoms with E-state index in [0.29, 0.717) is 11.3 Å². The Morgan fingerprint density at radius 3 is 2.29 bits per heavy atom. The maximum Gasteiger partial charge on any atom is 0.257 e. The van der Waals surface area contributed by atoms with Gasteiger partial charge in [0.2, 0.25) is 0 Å². The van der Waals surface area contributed by atoms with Crippen LogP contribution in [0.2, 0.25) is 0 Å². The zero-order valence-corrected chi connectivity index (χ0v) is 11.3. The Morgan fingerprint density at radius 2 is 1.71 bits per heavy atom. The number of carbonyl (C=O) groups excluding carboxylic acids is 2. The van der Waals surface area contributed by atoms with Crippen molar-refractivity contribution in [2.75, 3.05) is 18.1 Å². The zero-order valence-electron chi connectivity index (χ0n) is 11.3. The second kappa shape index (κ2) is 6.04. The van der Waals surface area contributed by atoms with Gasteiger partial charge >= 0.3 is 0 Å². The number of halogens is 1. The van der Waals surface area contributed by atoms with Gasteiger partial charge in [-0.25, -0.2) is 4.39 Å². The first-order valence-electron chi connectivity index (χ1n) is 6.20. The standard InChI is InChI=1S/C15H14FN3O2/c1-18-14(20)9-2-5-11(6-3-9)19-15(21)12-7-4-10(16)8-13(12)17/h2-8H,17H2,1H3,(H,18,20)(H,19,21). The number of hydrogen-bond donors (Lipinski definition) is 3. The fourth-order valence-electron chi connectivity index (χ4n) is 1.79. The summed E-state index contributed by atoms with van der Waals surface area (Å²) in [6.07, 6.45) is 0. The van der Waals surface area contributed by atoms with Crippen molar-refractivity contribution >= 4 is 23.2 Å². The molecule has 5 nitrogen and oxygen atoms in total. The van der Waals surface area contributed by atoms with E-state index in [1.54, 1.807) is 24.3 Å². The molecule has 108 valence electrons. The average Bonchev–Trinajstić information content (AvgIpc) is 2.47. The van der Waals surface area contributed by atoms with Gasteiger partial charge in [0.15, 0.2) is 0 Å². The lowest BCUT2D eigenvalue weighted by atomic mass is 10.1. The average molecular weight is 287 g/mol. The molecule has 6 heteroatoms. The van der Waals surface area contributed by atoms with Gasteiger partial charge in [0, 0.05) is 24.0 Å². The van der Waals surface area contributed by atoms with Crippen LogP contribution in [-0.4, -0.2) is 18.9 Å². The normalized spacial score (nSPS) is 10.0. The van der Waals surface area contributed by atoms with E-state index >= 15 is 0 Å². The molecule has 4 N–H and O–H groups in total. The molecular formula is C15H14FN3O2. The predicted molar refractivity (Wildman–Crippen MR) is 78.6 cm³/mol. The van der Waals surface area contributed by atoms with Gasteiger partial charge in [0.05, 0.1) is 5.56 Å². The SMILES string of the molecule is CNC(=O)c1ccc(NC(=O)c2ccc(F)cc2N)cc1. The van der Waals surface area contributed by atoms with E-state index in [1.165, 1.54) is 19.2 Å². The summed E-state index contributed by atoms with van der Waals surface area (Å²) in [5.74, 6) is -1.16. The molecule has 0 unspecified atom stereocenters. The van der Waals surface area contributed by atoms with Crippen LogP contribution in [0, 0.1) is 5.82 Å². The lowest BCUT2D eigenvalue weighted by Crippen LogP contribution is -2.18.